The topological polar surface area (TPSA) is 85.6 Å². The minimum absolute atomic E-state index is 0. The van der Waals surface area contributed by atoms with E-state index in [-0.39, 0.29) is 24.0 Å². The Morgan fingerprint density at radius 1 is 1.13 bits per heavy atom. The number of aryl methyl sites for hydroxylation is 1. The van der Waals surface area contributed by atoms with Crippen LogP contribution < -0.4 is 20.1 Å². The number of benzene rings is 1. The van der Waals surface area contributed by atoms with Gasteiger partial charge in [-0.3, -0.25) is 4.99 Å². The molecule has 2 rings (SSSR count). The van der Waals surface area contributed by atoms with E-state index in [9.17, 15) is 0 Å². The maximum absolute atomic E-state index is 5.38. The van der Waals surface area contributed by atoms with Crippen molar-refractivity contribution in [3.05, 3.63) is 35.9 Å². The van der Waals surface area contributed by atoms with Gasteiger partial charge in [0, 0.05) is 32.6 Å². The highest BCUT2D eigenvalue weighted by molar-refractivity contribution is 14.0. The van der Waals surface area contributed by atoms with Crippen LogP contribution in [-0.4, -0.2) is 54.6 Å². The van der Waals surface area contributed by atoms with E-state index in [1.165, 1.54) is 5.56 Å². The van der Waals surface area contributed by atoms with Gasteiger partial charge in [0.25, 0.3) is 0 Å². The predicted octanol–water partition coefficient (Wildman–Crippen LogP) is 2.91. The first-order valence-electron chi connectivity index (χ1n) is 10.2. The number of aliphatic imine (C=N–C) groups is 1. The number of guanidine groups is 1. The van der Waals surface area contributed by atoms with Gasteiger partial charge in [-0.2, -0.15) is 0 Å². The van der Waals surface area contributed by atoms with E-state index in [2.05, 4.69) is 57.2 Å². The van der Waals surface area contributed by atoms with Crippen LogP contribution in [-0.2, 0) is 19.4 Å². The molecule has 30 heavy (non-hydrogen) atoms. The summed E-state index contributed by atoms with van der Waals surface area (Å²) in [7, 11) is 3.30. The first-order valence-corrected chi connectivity index (χ1v) is 10.2. The molecule has 0 amide bonds. The van der Waals surface area contributed by atoms with Crippen molar-refractivity contribution in [3.8, 4) is 11.5 Å². The molecule has 1 aromatic carbocycles. The number of nitrogens with one attached hydrogen (secondary N) is 2. The second-order valence-corrected chi connectivity index (χ2v) is 7.17. The summed E-state index contributed by atoms with van der Waals surface area (Å²) in [6, 6.07) is 6.00. The van der Waals surface area contributed by atoms with Crippen molar-refractivity contribution >= 4 is 29.9 Å². The molecule has 0 aliphatic rings. The molecule has 0 bridgehead atoms. The molecule has 0 aliphatic carbocycles. The van der Waals surface area contributed by atoms with Crippen molar-refractivity contribution in [1.29, 1.82) is 0 Å². The van der Waals surface area contributed by atoms with Crippen LogP contribution in [0.3, 0.4) is 0 Å². The zero-order valence-electron chi connectivity index (χ0n) is 18.6. The second kappa shape index (κ2) is 14.1. The Kier molecular flexibility index (Phi) is 12.2. The Balaban J connectivity index is 0.00000450. The number of nitrogens with zero attached hydrogens (tertiary/aromatic N) is 4. The standard InChI is InChI=1S/C21H34N6O2.HI/c1-6-20-26-25-15-27(20)12-11-23-21(24-14-16(2)3)22-10-9-17-7-8-18(28-4)19(13-17)29-5;/h7-8,13,15-16H,6,9-12,14H2,1-5H3,(H2,22,23,24);1H. The van der Waals surface area contributed by atoms with Crippen molar-refractivity contribution < 1.29 is 9.47 Å². The normalized spacial score (nSPS) is 11.2. The molecule has 168 valence electrons. The molecule has 0 fully saturated rings. The van der Waals surface area contributed by atoms with Crippen molar-refractivity contribution in [2.45, 2.75) is 40.2 Å². The largest absolute Gasteiger partial charge is 0.493 e. The van der Waals surface area contributed by atoms with Crippen LogP contribution in [0.1, 0.15) is 32.2 Å². The van der Waals surface area contributed by atoms with E-state index in [0.29, 0.717) is 5.92 Å². The molecular weight excluding hydrogens is 495 g/mol. The molecule has 0 unspecified atom stereocenters. The average molecular weight is 530 g/mol. The van der Waals surface area contributed by atoms with Crippen LogP contribution >= 0.6 is 24.0 Å². The van der Waals surface area contributed by atoms with Crippen molar-refractivity contribution in [2.24, 2.45) is 10.9 Å². The van der Waals surface area contributed by atoms with E-state index in [4.69, 9.17) is 9.47 Å². The Morgan fingerprint density at radius 3 is 2.53 bits per heavy atom. The summed E-state index contributed by atoms with van der Waals surface area (Å²) >= 11 is 0. The van der Waals surface area contributed by atoms with E-state index in [1.807, 2.05) is 12.1 Å². The summed E-state index contributed by atoms with van der Waals surface area (Å²) in [6.07, 6.45) is 3.50. The van der Waals surface area contributed by atoms with Gasteiger partial charge in [-0.25, -0.2) is 0 Å². The molecule has 8 nitrogen and oxygen atoms in total. The second-order valence-electron chi connectivity index (χ2n) is 7.17. The number of methoxy groups -OCH3 is 2. The molecular formula is C21H35IN6O2. The van der Waals surface area contributed by atoms with Crippen molar-refractivity contribution in [3.63, 3.8) is 0 Å². The Labute approximate surface area is 196 Å². The van der Waals surface area contributed by atoms with Gasteiger partial charge in [-0.15, -0.1) is 34.2 Å². The van der Waals surface area contributed by atoms with Crippen LogP contribution in [0.15, 0.2) is 29.5 Å². The average Bonchev–Trinajstić information content (AvgIpc) is 3.18. The smallest absolute Gasteiger partial charge is 0.191 e. The van der Waals surface area contributed by atoms with E-state index in [0.717, 1.165) is 62.3 Å². The minimum Gasteiger partial charge on any atom is -0.493 e. The Bertz CT molecular complexity index is 779. The van der Waals surface area contributed by atoms with Crippen molar-refractivity contribution in [2.75, 3.05) is 33.9 Å². The quantitative estimate of drug-likeness (QED) is 0.264. The van der Waals surface area contributed by atoms with Gasteiger partial charge < -0.3 is 24.7 Å². The van der Waals surface area contributed by atoms with E-state index in [1.54, 1.807) is 20.5 Å². The summed E-state index contributed by atoms with van der Waals surface area (Å²) in [4.78, 5) is 4.69. The lowest BCUT2D eigenvalue weighted by atomic mass is 10.1. The fraction of sp³-hybridized carbons (Fsp3) is 0.571. The number of aromatic nitrogens is 3. The third kappa shape index (κ3) is 8.37. The summed E-state index contributed by atoms with van der Waals surface area (Å²) in [5.41, 5.74) is 1.18. The molecule has 2 N–H and O–H groups in total. The predicted molar refractivity (Wildman–Crippen MR) is 131 cm³/mol. The Hall–Kier alpha value is -2.04. The lowest BCUT2D eigenvalue weighted by molar-refractivity contribution is 0.354. The molecule has 0 saturated carbocycles. The molecule has 0 saturated heterocycles. The fourth-order valence-corrected chi connectivity index (χ4v) is 2.84. The van der Waals surface area contributed by atoms with Gasteiger partial charge >= 0.3 is 0 Å². The summed E-state index contributed by atoms with van der Waals surface area (Å²) in [5.74, 6) is 3.81. The molecule has 2 aromatic rings. The molecule has 0 atom stereocenters. The van der Waals surface area contributed by atoms with E-state index >= 15 is 0 Å². The van der Waals surface area contributed by atoms with Crippen LogP contribution in [0.25, 0.3) is 0 Å². The van der Waals surface area contributed by atoms with Crippen LogP contribution in [0.2, 0.25) is 0 Å². The zero-order chi connectivity index (χ0) is 21.1. The molecule has 0 radical (unpaired) electrons. The summed E-state index contributed by atoms with van der Waals surface area (Å²) in [5, 5.41) is 14.9. The number of rotatable bonds is 11. The summed E-state index contributed by atoms with van der Waals surface area (Å²) in [6.45, 7) is 9.51. The number of hydrogen-bond acceptors (Lipinski definition) is 5. The summed E-state index contributed by atoms with van der Waals surface area (Å²) < 4.78 is 12.7. The molecule has 9 heteroatoms. The maximum atomic E-state index is 5.38. The lowest BCUT2D eigenvalue weighted by Crippen LogP contribution is -2.40. The first-order chi connectivity index (χ1) is 14.1. The number of hydrogen-bond donors (Lipinski definition) is 2. The maximum Gasteiger partial charge on any atom is 0.191 e. The number of halogens is 1. The minimum atomic E-state index is 0. The molecule has 0 spiro atoms. The molecule has 1 aromatic heterocycles. The first kappa shape index (κ1) is 26.0. The SMILES string of the molecule is CCc1nncn1CCNC(=NCC(C)C)NCCc1ccc(OC)c(OC)c1.I. The van der Waals surface area contributed by atoms with Crippen LogP contribution in [0, 0.1) is 5.92 Å². The highest BCUT2D eigenvalue weighted by Crippen LogP contribution is 2.27. The van der Waals surface area contributed by atoms with Gasteiger partial charge in [0.1, 0.15) is 12.2 Å². The van der Waals surface area contributed by atoms with E-state index < -0.39 is 0 Å². The van der Waals surface area contributed by atoms with Crippen molar-refractivity contribution in [1.82, 2.24) is 25.4 Å². The van der Waals surface area contributed by atoms with Gasteiger partial charge in [0.2, 0.25) is 0 Å². The fourth-order valence-electron chi connectivity index (χ4n) is 2.84. The number of ether oxygens (including phenoxy) is 2. The van der Waals surface area contributed by atoms with Gasteiger partial charge in [-0.1, -0.05) is 26.8 Å². The third-order valence-corrected chi connectivity index (χ3v) is 4.43. The van der Waals surface area contributed by atoms with Gasteiger partial charge in [0.05, 0.1) is 14.2 Å². The lowest BCUT2D eigenvalue weighted by Gasteiger charge is -2.15. The Morgan fingerprint density at radius 2 is 1.87 bits per heavy atom. The van der Waals surface area contributed by atoms with Gasteiger partial charge in [0.15, 0.2) is 17.5 Å². The van der Waals surface area contributed by atoms with Crippen LogP contribution in [0.5, 0.6) is 11.5 Å². The third-order valence-electron chi connectivity index (χ3n) is 4.43. The van der Waals surface area contributed by atoms with Gasteiger partial charge in [-0.05, 0) is 30.0 Å². The zero-order valence-corrected chi connectivity index (χ0v) is 21.0. The highest BCUT2D eigenvalue weighted by atomic mass is 127. The highest BCUT2D eigenvalue weighted by Gasteiger charge is 2.06. The monoisotopic (exact) mass is 530 g/mol. The molecule has 1 heterocycles. The van der Waals surface area contributed by atoms with Crippen LogP contribution in [0.4, 0.5) is 0 Å². The molecule has 0 aliphatic heterocycles.